The number of likely N-dealkylation sites (tertiary alicyclic amines) is 1. The molecule has 3 aromatic rings. The van der Waals surface area contributed by atoms with Crippen LogP contribution in [0.2, 0.25) is 5.02 Å². The van der Waals surface area contributed by atoms with Gasteiger partial charge in [-0.3, -0.25) is 9.59 Å². The highest BCUT2D eigenvalue weighted by atomic mass is 35.5. The number of amides is 1. The van der Waals surface area contributed by atoms with Gasteiger partial charge < -0.3 is 19.5 Å². The number of thiophene rings is 1. The van der Waals surface area contributed by atoms with Crippen LogP contribution in [0.4, 0.5) is 0 Å². The highest BCUT2D eigenvalue weighted by Crippen LogP contribution is 2.41. The molecule has 0 saturated carbocycles. The Hall–Kier alpha value is -3.29. The van der Waals surface area contributed by atoms with E-state index in [0.717, 1.165) is 4.88 Å². The Morgan fingerprint density at radius 3 is 2.47 bits per heavy atom. The van der Waals surface area contributed by atoms with Gasteiger partial charge in [-0.25, -0.2) is 0 Å². The normalized spacial score (nSPS) is 17.6. The van der Waals surface area contributed by atoms with Crippen LogP contribution in [-0.4, -0.2) is 35.9 Å². The maximum Gasteiger partial charge on any atom is 0.295 e. The summed E-state index contributed by atoms with van der Waals surface area (Å²) in [5.74, 6) is -0.695. The van der Waals surface area contributed by atoms with Gasteiger partial charge in [-0.05, 0) is 47.3 Å². The summed E-state index contributed by atoms with van der Waals surface area (Å²) in [5.41, 5.74) is 1.03. The summed E-state index contributed by atoms with van der Waals surface area (Å²) in [6.45, 7) is 0.250. The lowest BCUT2D eigenvalue weighted by Crippen LogP contribution is -2.28. The van der Waals surface area contributed by atoms with Crippen molar-refractivity contribution >= 4 is 40.4 Å². The quantitative estimate of drug-likeness (QED) is 0.311. The second-order valence-electron chi connectivity index (χ2n) is 7.13. The molecule has 1 aromatic heterocycles. The highest BCUT2D eigenvalue weighted by molar-refractivity contribution is 7.09. The summed E-state index contributed by atoms with van der Waals surface area (Å²) >= 11 is 7.60. The van der Waals surface area contributed by atoms with Crippen molar-refractivity contribution in [3.05, 3.63) is 86.6 Å². The molecule has 0 bridgehead atoms. The summed E-state index contributed by atoms with van der Waals surface area (Å²) in [6, 6.07) is 14.8. The van der Waals surface area contributed by atoms with E-state index in [1.54, 1.807) is 43.5 Å². The van der Waals surface area contributed by atoms with Crippen LogP contribution >= 0.6 is 22.9 Å². The third-order valence-electron chi connectivity index (χ3n) is 5.30. The number of aliphatic hydroxyl groups excluding tert-OH is 1. The third kappa shape index (κ3) is 3.97. The number of rotatable bonds is 6. The number of Topliss-reactive ketones (excluding diaryl/α,β-unsaturated/α-hetero) is 1. The SMILES string of the molecule is COc1ccc(C2/C(=C(/O)c3ccc(Cl)c(OC)c3)C(=O)C(=O)N2Cc2cccs2)cc1. The van der Waals surface area contributed by atoms with Crippen LogP contribution in [0.1, 0.15) is 22.0 Å². The van der Waals surface area contributed by atoms with Crippen LogP contribution in [0.15, 0.2) is 65.6 Å². The van der Waals surface area contributed by atoms with Gasteiger partial charge in [-0.15, -0.1) is 11.3 Å². The van der Waals surface area contributed by atoms with Crippen molar-refractivity contribution in [2.75, 3.05) is 14.2 Å². The van der Waals surface area contributed by atoms with E-state index in [1.165, 1.54) is 29.4 Å². The average molecular weight is 470 g/mol. The van der Waals surface area contributed by atoms with Crippen molar-refractivity contribution < 1.29 is 24.2 Å². The van der Waals surface area contributed by atoms with Gasteiger partial charge in [-0.2, -0.15) is 0 Å². The zero-order chi connectivity index (χ0) is 22.8. The van der Waals surface area contributed by atoms with Crippen LogP contribution in [0.5, 0.6) is 11.5 Å². The van der Waals surface area contributed by atoms with E-state index in [-0.39, 0.29) is 17.9 Å². The summed E-state index contributed by atoms with van der Waals surface area (Å²) < 4.78 is 10.5. The molecule has 6 nitrogen and oxygen atoms in total. The number of benzene rings is 2. The minimum atomic E-state index is -0.760. The molecule has 1 unspecified atom stereocenters. The molecule has 2 aromatic carbocycles. The average Bonchev–Trinajstić information content (AvgIpc) is 3.41. The van der Waals surface area contributed by atoms with E-state index in [2.05, 4.69) is 0 Å². The number of aliphatic hydroxyl groups is 1. The smallest absolute Gasteiger partial charge is 0.295 e. The maximum atomic E-state index is 13.1. The molecule has 2 heterocycles. The lowest BCUT2D eigenvalue weighted by molar-refractivity contribution is -0.140. The third-order valence-corrected chi connectivity index (χ3v) is 6.48. The first-order valence-electron chi connectivity index (χ1n) is 9.73. The van der Waals surface area contributed by atoms with Crippen LogP contribution in [-0.2, 0) is 16.1 Å². The number of halogens is 1. The van der Waals surface area contributed by atoms with Crippen LogP contribution in [0.25, 0.3) is 5.76 Å². The Morgan fingerprint density at radius 1 is 1.09 bits per heavy atom. The largest absolute Gasteiger partial charge is 0.507 e. The number of hydrogen-bond donors (Lipinski definition) is 1. The van der Waals surface area contributed by atoms with Crippen molar-refractivity contribution in [3.63, 3.8) is 0 Å². The Kier molecular flexibility index (Phi) is 6.21. The molecule has 0 radical (unpaired) electrons. The molecule has 4 rings (SSSR count). The van der Waals surface area contributed by atoms with Gasteiger partial charge >= 0.3 is 0 Å². The lowest BCUT2D eigenvalue weighted by atomic mass is 9.95. The van der Waals surface area contributed by atoms with Crippen LogP contribution < -0.4 is 9.47 Å². The van der Waals surface area contributed by atoms with Crippen molar-refractivity contribution in [3.8, 4) is 11.5 Å². The Morgan fingerprint density at radius 2 is 1.84 bits per heavy atom. The van der Waals surface area contributed by atoms with E-state index >= 15 is 0 Å². The van der Waals surface area contributed by atoms with Crippen molar-refractivity contribution in [1.82, 2.24) is 4.90 Å². The van der Waals surface area contributed by atoms with E-state index in [4.69, 9.17) is 21.1 Å². The Bertz CT molecular complexity index is 1190. The van der Waals surface area contributed by atoms with Gasteiger partial charge in [0.15, 0.2) is 0 Å². The van der Waals surface area contributed by atoms with Gasteiger partial charge in [-0.1, -0.05) is 29.8 Å². The molecule has 0 spiro atoms. The molecule has 164 valence electrons. The maximum absolute atomic E-state index is 13.1. The van der Waals surface area contributed by atoms with Gasteiger partial charge in [0.2, 0.25) is 0 Å². The fourth-order valence-electron chi connectivity index (χ4n) is 3.71. The number of carbonyl (C=O) groups excluding carboxylic acids is 2. The first-order chi connectivity index (χ1) is 15.4. The number of nitrogens with zero attached hydrogens (tertiary/aromatic N) is 1. The zero-order valence-electron chi connectivity index (χ0n) is 17.4. The zero-order valence-corrected chi connectivity index (χ0v) is 18.9. The van der Waals surface area contributed by atoms with Crippen LogP contribution in [0.3, 0.4) is 0 Å². The summed E-state index contributed by atoms with van der Waals surface area (Å²) in [5, 5.41) is 13.4. The van der Waals surface area contributed by atoms with Gasteiger partial charge in [0.25, 0.3) is 11.7 Å². The number of hydrogen-bond acceptors (Lipinski definition) is 6. The predicted octanol–water partition coefficient (Wildman–Crippen LogP) is 5.04. The fourth-order valence-corrected chi connectivity index (χ4v) is 4.61. The summed E-state index contributed by atoms with van der Waals surface area (Å²) in [6.07, 6.45) is 0. The molecule has 1 atom stereocenters. The Balaban J connectivity index is 1.86. The van der Waals surface area contributed by atoms with E-state index in [9.17, 15) is 14.7 Å². The topological polar surface area (TPSA) is 76.1 Å². The van der Waals surface area contributed by atoms with E-state index < -0.39 is 17.7 Å². The molecule has 1 aliphatic heterocycles. The summed E-state index contributed by atoms with van der Waals surface area (Å²) in [7, 11) is 3.02. The molecule has 1 saturated heterocycles. The second-order valence-corrected chi connectivity index (χ2v) is 8.57. The Labute approximate surface area is 194 Å². The predicted molar refractivity (Wildman–Crippen MR) is 123 cm³/mol. The number of methoxy groups -OCH3 is 2. The molecular weight excluding hydrogens is 450 g/mol. The molecule has 1 aliphatic rings. The molecule has 1 amide bonds. The van der Waals surface area contributed by atoms with Crippen LogP contribution in [0, 0.1) is 0 Å². The van der Waals surface area contributed by atoms with Gasteiger partial charge in [0.05, 0.1) is 37.4 Å². The highest BCUT2D eigenvalue weighted by Gasteiger charge is 2.46. The van der Waals surface area contributed by atoms with E-state index in [1.807, 2.05) is 17.5 Å². The molecule has 1 N–H and O–H groups in total. The monoisotopic (exact) mass is 469 g/mol. The molecule has 32 heavy (non-hydrogen) atoms. The van der Waals surface area contributed by atoms with Crippen molar-refractivity contribution in [2.45, 2.75) is 12.6 Å². The minimum absolute atomic E-state index is 0.0149. The fraction of sp³-hybridized carbons (Fsp3) is 0.167. The molecule has 8 heteroatoms. The van der Waals surface area contributed by atoms with Gasteiger partial charge in [0.1, 0.15) is 17.3 Å². The first-order valence-corrected chi connectivity index (χ1v) is 11.0. The number of ether oxygens (including phenoxy) is 2. The number of ketones is 1. The van der Waals surface area contributed by atoms with Gasteiger partial charge in [0, 0.05) is 10.4 Å². The standard InChI is InChI=1S/C24H20ClNO5S/c1-30-16-8-5-14(6-9-16)21-20(22(27)15-7-10-18(25)19(12-15)31-2)23(28)24(29)26(21)13-17-4-3-11-32-17/h3-12,21,27H,13H2,1-2H3/b22-20-. The van der Waals surface area contributed by atoms with Crippen molar-refractivity contribution in [2.24, 2.45) is 0 Å². The molecular formula is C24H20ClNO5S. The minimum Gasteiger partial charge on any atom is -0.507 e. The van der Waals surface area contributed by atoms with Crippen molar-refractivity contribution in [1.29, 1.82) is 0 Å². The lowest BCUT2D eigenvalue weighted by Gasteiger charge is -2.25. The summed E-state index contributed by atoms with van der Waals surface area (Å²) in [4.78, 5) is 28.5. The molecule has 1 fully saturated rings. The second kappa shape index (κ2) is 9.06. The number of carbonyl (C=O) groups is 2. The first kappa shape index (κ1) is 21.9. The molecule has 0 aliphatic carbocycles. The van der Waals surface area contributed by atoms with E-state index in [0.29, 0.717) is 27.6 Å².